The van der Waals surface area contributed by atoms with Crippen molar-refractivity contribution in [2.24, 2.45) is 0 Å². The molecule has 29 heavy (non-hydrogen) atoms. The molecule has 4 aromatic rings. The van der Waals surface area contributed by atoms with Gasteiger partial charge in [-0.15, -0.1) is 5.10 Å². The lowest BCUT2D eigenvalue weighted by Gasteiger charge is -2.07. The Hall–Kier alpha value is -3.81. The van der Waals surface area contributed by atoms with Gasteiger partial charge < -0.3 is 5.32 Å². The maximum absolute atomic E-state index is 13.6. The molecule has 0 atom stereocenters. The number of hydrogen-bond donors (Lipinski definition) is 1. The normalized spacial score (nSPS) is 11.0. The van der Waals surface area contributed by atoms with Crippen molar-refractivity contribution < 1.29 is 9.18 Å². The number of benzene rings is 2. The largest absolute Gasteiger partial charge is 0.350 e. The molecule has 0 aliphatic heterocycles. The first-order valence-corrected chi connectivity index (χ1v) is 9.03. The molecular weight excluding hydrogens is 373 g/mol. The number of rotatable bonds is 5. The molecule has 0 radical (unpaired) electrons. The lowest BCUT2D eigenvalue weighted by atomic mass is 10.2. The molecule has 0 aliphatic carbocycles. The molecule has 0 aliphatic rings. The fourth-order valence-corrected chi connectivity index (χ4v) is 2.93. The molecule has 4 rings (SSSR count). The van der Waals surface area contributed by atoms with Gasteiger partial charge in [-0.25, -0.2) is 14.1 Å². The molecule has 0 unspecified atom stereocenters. The van der Waals surface area contributed by atoms with Crippen LogP contribution < -0.4 is 10.9 Å². The lowest BCUT2D eigenvalue weighted by molar-refractivity contribution is -0.121. The van der Waals surface area contributed by atoms with Crippen LogP contribution in [0.1, 0.15) is 11.1 Å². The predicted molar refractivity (Wildman–Crippen MR) is 106 cm³/mol. The van der Waals surface area contributed by atoms with Crippen LogP contribution in [-0.2, 0) is 17.9 Å². The van der Waals surface area contributed by atoms with Crippen LogP contribution in [0, 0.1) is 12.7 Å². The second-order valence-electron chi connectivity index (χ2n) is 6.69. The fourth-order valence-electron chi connectivity index (χ4n) is 2.93. The summed E-state index contributed by atoms with van der Waals surface area (Å²) in [7, 11) is 0. The van der Waals surface area contributed by atoms with Crippen LogP contribution in [0.25, 0.3) is 16.7 Å². The molecule has 8 heteroatoms. The smallest absolute Gasteiger partial charge is 0.264 e. The van der Waals surface area contributed by atoms with Crippen molar-refractivity contribution in [3.63, 3.8) is 0 Å². The molecule has 0 spiro atoms. The molecule has 1 amide bonds. The monoisotopic (exact) mass is 391 g/mol. The summed E-state index contributed by atoms with van der Waals surface area (Å²) < 4.78 is 16.4. The third-order valence-electron chi connectivity index (χ3n) is 4.55. The zero-order valence-corrected chi connectivity index (χ0v) is 15.7. The molecule has 2 heterocycles. The third kappa shape index (κ3) is 3.91. The van der Waals surface area contributed by atoms with Crippen LogP contribution in [0.3, 0.4) is 0 Å². The second kappa shape index (κ2) is 7.67. The molecule has 2 aromatic heterocycles. The summed E-state index contributed by atoms with van der Waals surface area (Å²) in [5, 5.41) is 7.26. The highest BCUT2D eigenvalue weighted by atomic mass is 19.1. The Kier molecular flexibility index (Phi) is 4.90. The van der Waals surface area contributed by atoms with Crippen molar-refractivity contribution in [3.05, 3.63) is 88.4 Å². The van der Waals surface area contributed by atoms with E-state index in [-0.39, 0.29) is 18.6 Å². The first-order chi connectivity index (χ1) is 14.0. The van der Waals surface area contributed by atoms with Gasteiger partial charge in [0.2, 0.25) is 5.91 Å². The Balaban J connectivity index is 1.53. The summed E-state index contributed by atoms with van der Waals surface area (Å²) in [5.74, 6) is -0.806. The van der Waals surface area contributed by atoms with Crippen molar-refractivity contribution in [2.45, 2.75) is 20.0 Å². The highest BCUT2D eigenvalue weighted by Crippen LogP contribution is 2.12. The van der Waals surface area contributed by atoms with E-state index in [1.165, 1.54) is 17.0 Å². The number of hydrogen-bond acceptors (Lipinski definition) is 4. The predicted octanol–water partition coefficient (Wildman–Crippen LogP) is 2.35. The van der Waals surface area contributed by atoms with E-state index in [2.05, 4.69) is 15.4 Å². The van der Waals surface area contributed by atoms with Gasteiger partial charge in [-0.1, -0.05) is 35.9 Å². The zero-order chi connectivity index (χ0) is 20.4. The molecule has 0 bridgehead atoms. The van der Waals surface area contributed by atoms with Crippen molar-refractivity contribution in [1.29, 1.82) is 0 Å². The van der Waals surface area contributed by atoms with E-state index in [0.29, 0.717) is 16.6 Å². The van der Waals surface area contributed by atoms with Crippen LogP contribution in [-0.4, -0.2) is 25.2 Å². The molecular formula is C21H18FN5O2. The Labute approximate surface area is 165 Å². The molecule has 7 nitrogen and oxygen atoms in total. The van der Waals surface area contributed by atoms with Gasteiger partial charge in [-0.05, 0) is 25.1 Å². The number of amides is 1. The van der Waals surface area contributed by atoms with Crippen LogP contribution in [0.15, 0.2) is 65.8 Å². The zero-order valence-electron chi connectivity index (χ0n) is 15.7. The SMILES string of the molecule is Cc1ccc(-n2cc3c(=O)n(CC(=O)NCc4ccccc4F)cnc3n2)cc1. The molecule has 0 saturated carbocycles. The number of halogens is 1. The highest BCUT2D eigenvalue weighted by Gasteiger charge is 2.12. The van der Waals surface area contributed by atoms with E-state index in [9.17, 15) is 14.0 Å². The average Bonchev–Trinajstić information content (AvgIpc) is 3.15. The van der Waals surface area contributed by atoms with E-state index in [4.69, 9.17) is 0 Å². The second-order valence-corrected chi connectivity index (χ2v) is 6.69. The minimum absolute atomic E-state index is 0.0429. The van der Waals surface area contributed by atoms with Crippen LogP contribution >= 0.6 is 0 Å². The van der Waals surface area contributed by atoms with Crippen LogP contribution in [0.5, 0.6) is 0 Å². The summed E-state index contributed by atoms with van der Waals surface area (Å²) in [6, 6.07) is 13.9. The molecule has 1 N–H and O–H groups in total. The molecule has 0 fully saturated rings. The Morgan fingerprint density at radius 2 is 1.90 bits per heavy atom. The standard InChI is InChI=1S/C21H18FN5O2/c1-14-6-8-16(9-7-14)27-11-17-20(25-27)24-13-26(21(17)29)12-19(28)23-10-15-4-2-3-5-18(15)22/h2-9,11,13H,10,12H2,1H3,(H,23,28). The van der Waals surface area contributed by atoms with Crippen molar-refractivity contribution in [1.82, 2.24) is 24.6 Å². The van der Waals surface area contributed by atoms with Crippen LogP contribution in [0.2, 0.25) is 0 Å². The summed E-state index contributed by atoms with van der Waals surface area (Å²) >= 11 is 0. The Morgan fingerprint density at radius 3 is 2.66 bits per heavy atom. The molecule has 0 saturated heterocycles. The van der Waals surface area contributed by atoms with Gasteiger partial charge in [0.05, 0.1) is 5.69 Å². The quantitative estimate of drug-likeness (QED) is 0.566. The minimum Gasteiger partial charge on any atom is -0.350 e. The average molecular weight is 391 g/mol. The van der Waals surface area contributed by atoms with Crippen molar-refractivity contribution in [3.8, 4) is 5.69 Å². The van der Waals surface area contributed by atoms with Gasteiger partial charge in [0, 0.05) is 18.3 Å². The minimum atomic E-state index is -0.414. The number of carbonyl (C=O) groups is 1. The van der Waals surface area contributed by atoms with Gasteiger partial charge in [-0.3, -0.25) is 14.2 Å². The number of fused-ring (bicyclic) bond motifs is 1. The van der Waals surface area contributed by atoms with Gasteiger partial charge in [0.15, 0.2) is 5.65 Å². The summed E-state index contributed by atoms with van der Waals surface area (Å²) in [6.45, 7) is 1.81. The van der Waals surface area contributed by atoms with E-state index in [0.717, 1.165) is 11.3 Å². The summed E-state index contributed by atoms with van der Waals surface area (Å²) in [5.41, 5.74) is 2.24. The van der Waals surface area contributed by atoms with Gasteiger partial charge >= 0.3 is 0 Å². The summed E-state index contributed by atoms with van der Waals surface area (Å²) in [4.78, 5) is 29.1. The number of aromatic nitrogens is 4. The Bertz CT molecular complexity index is 1240. The van der Waals surface area contributed by atoms with E-state index < -0.39 is 11.7 Å². The van der Waals surface area contributed by atoms with Gasteiger partial charge in [-0.2, -0.15) is 0 Å². The first kappa shape index (κ1) is 18.5. The number of nitrogens with zero attached hydrogens (tertiary/aromatic N) is 4. The Morgan fingerprint density at radius 1 is 1.14 bits per heavy atom. The van der Waals surface area contributed by atoms with E-state index in [1.807, 2.05) is 31.2 Å². The van der Waals surface area contributed by atoms with E-state index in [1.54, 1.807) is 29.1 Å². The number of carbonyl (C=O) groups excluding carboxylic acids is 1. The topological polar surface area (TPSA) is 81.8 Å². The highest BCUT2D eigenvalue weighted by molar-refractivity contribution is 5.77. The first-order valence-electron chi connectivity index (χ1n) is 9.03. The summed E-state index contributed by atoms with van der Waals surface area (Å²) in [6.07, 6.45) is 2.89. The van der Waals surface area contributed by atoms with E-state index >= 15 is 0 Å². The maximum atomic E-state index is 13.6. The third-order valence-corrected chi connectivity index (χ3v) is 4.55. The van der Waals surface area contributed by atoms with Gasteiger partial charge in [0.1, 0.15) is 24.1 Å². The maximum Gasteiger partial charge on any atom is 0.264 e. The lowest BCUT2D eigenvalue weighted by Crippen LogP contribution is -2.32. The van der Waals surface area contributed by atoms with Gasteiger partial charge in [0.25, 0.3) is 5.56 Å². The van der Waals surface area contributed by atoms with Crippen LogP contribution in [0.4, 0.5) is 4.39 Å². The fraction of sp³-hybridized carbons (Fsp3) is 0.143. The number of aryl methyl sites for hydroxylation is 1. The molecule has 2 aromatic carbocycles. The van der Waals surface area contributed by atoms with Crippen molar-refractivity contribution in [2.75, 3.05) is 0 Å². The van der Waals surface area contributed by atoms with Crippen molar-refractivity contribution >= 4 is 16.9 Å². The number of nitrogens with one attached hydrogen (secondary N) is 1. The molecule has 146 valence electrons.